The van der Waals surface area contributed by atoms with E-state index in [0.29, 0.717) is 0 Å². The number of nitrogens with one attached hydrogen (secondary N) is 2. The van der Waals surface area contributed by atoms with Gasteiger partial charge >= 0.3 is 0 Å². The number of hydrogen-bond donors (Lipinski definition) is 3. The van der Waals surface area contributed by atoms with Crippen molar-refractivity contribution in [2.75, 3.05) is 5.73 Å². The van der Waals surface area contributed by atoms with Gasteiger partial charge in [-0.25, -0.2) is 13.1 Å². The SMILES string of the molecule is Nc1ccccc1S(=O)(=O)NCc1nn[nH]n1. The largest absolute Gasteiger partial charge is 0.398 e. The second-order valence-electron chi connectivity index (χ2n) is 3.19. The lowest BCUT2D eigenvalue weighted by Crippen LogP contribution is -2.24. The fourth-order valence-corrected chi connectivity index (χ4v) is 2.33. The van der Waals surface area contributed by atoms with Crippen molar-refractivity contribution in [3.8, 4) is 0 Å². The van der Waals surface area contributed by atoms with E-state index >= 15 is 0 Å². The maximum Gasteiger partial charge on any atom is 0.243 e. The van der Waals surface area contributed by atoms with Gasteiger partial charge in [0.1, 0.15) is 4.90 Å². The Morgan fingerprint density at radius 1 is 1.35 bits per heavy atom. The minimum atomic E-state index is -3.66. The molecule has 90 valence electrons. The highest BCUT2D eigenvalue weighted by atomic mass is 32.2. The summed E-state index contributed by atoms with van der Waals surface area (Å²) < 4.78 is 26.1. The maximum absolute atomic E-state index is 11.9. The first-order valence-corrected chi connectivity index (χ1v) is 6.14. The number of hydrogen-bond acceptors (Lipinski definition) is 6. The molecule has 1 aromatic heterocycles. The minimum absolute atomic E-state index is 0.0310. The van der Waals surface area contributed by atoms with Gasteiger partial charge in [0.2, 0.25) is 10.0 Å². The number of H-pyrrole nitrogens is 1. The molecule has 1 aromatic carbocycles. The summed E-state index contributed by atoms with van der Waals surface area (Å²) in [6.45, 7) is -0.0484. The average Bonchev–Trinajstić information content (AvgIpc) is 2.80. The molecule has 0 aliphatic rings. The first kappa shape index (κ1) is 11.5. The van der Waals surface area contributed by atoms with Gasteiger partial charge in [0.25, 0.3) is 0 Å². The lowest BCUT2D eigenvalue weighted by molar-refractivity contribution is 0.579. The summed E-state index contributed by atoms with van der Waals surface area (Å²) in [7, 11) is -3.66. The summed E-state index contributed by atoms with van der Waals surface area (Å²) >= 11 is 0. The lowest BCUT2D eigenvalue weighted by Gasteiger charge is -2.06. The van der Waals surface area contributed by atoms with Gasteiger partial charge in [0, 0.05) is 0 Å². The molecule has 0 bridgehead atoms. The van der Waals surface area contributed by atoms with E-state index in [-0.39, 0.29) is 23.0 Å². The molecule has 2 aromatic rings. The summed E-state index contributed by atoms with van der Waals surface area (Å²) in [5.74, 6) is 0.253. The number of aromatic nitrogens is 4. The summed E-state index contributed by atoms with van der Waals surface area (Å²) in [4.78, 5) is 0.0310. The van der Waals surface area contributed by atoms with Gasteiger partial charge < -0.3 is 5.73 Å². The zero-order valence-electron chi connectivity index (χ0n) is 8.66. The molecule has 0 unspecified atom stereocenters. The van der Waals surface area contributed by atoms with Crippen LogP contribution in [0.25, 0.3) is 0 Å². The number of sulfonamides is 1. The smallest absolute Gasteiger partial charge is 0.243 e. The molecule has 0 saturated heterocycles. The summed E-state index contributed by atoms with van der Waals surface area (Å²) in [6.07, 6.45) is 0. The number of nitrogens with two attached hydrogens (primary N) is 1. The molecule has 0 spiro atoms. The highest BCUT2D eigenvalue weighted by Crippen LogP contribution is 2.16. The normalized spacial score (nSPS) is 11.5. The van der Waals surface area contributed by atoms with Crippen LogP contribution in [0.4, 0.5) is 5.69 Å². The van der Waals surface area contributed by atoms with Crippen molar-refractivity contribution in [2.45, 2.75) is 11.4 Å². The van der Waals surface area contributed by atoms with E-state index < -0.39 is 10.0 Å². The molecule has 8 nitrogen and oxygen atoms in total. The number of aromatic amines is 1. The van der Waals surface area contributed by atoms with Gasteiger partial charge in [-0.2, -0.15) is 5.21 Å². The van der Waals surface area contributed by atoms with Crippen LogP contribution in [0.15, 0.2) is 29.2 Å². The Balaban J connectivity index is 2.17. The van der Waals surface area contributed by atoms with Crippen LogP contribution in [-0.4, -0.2) is 29.0 Å². The zero-order valence-corrected chi connectivity index (χ0v) is 9.48. The van der Waals surface area contributed by atoms with E-state index in [0.717, 1.165) is 0 Å². The van der Waals surface area contributed by atoms with Crippen LogP contribution in [0, 0.1) is 0 Å². The Hall–Kier alpha value is -2.00. The van der Waals surface area contributed by atoms with Crippen LogP contribution in [0.1, 0.15) is 5.82 Å². The number of benzene rings is 1. The van der Waals surface area contributed by atoms with Crippen LogP contribution < -0.4 is 10.5 Å². The first-order chi connectivity index (χ1) is 8.09. The van der Waals surface area contributed by atoms with Crippen molar-refractivity contribution in [1.29, 1.82) is 0 Å². The van der Waals surface area contributed by atoms with Crippen LogP contribution in [0.3, 0.4) is 0 Å². The molecule has 17 heavy (non-hydrogen) atoms. The summed E-state index contributed by atoms with van der Waals surface area (Å²) in [5, 5.41) is 12.8. The highest BCUT2D eigenvalue weighted by Gasteiger charge is 2.17. The van der Waals surface area contributed by atoms with Crippen molar-refractivity contribution >= 4 is 15.7 Å². The molecule has 4 N–H and O–H groups in total. The second-order valence-corrected chi connectivity index (χ2v) is 4.93. The van der Waals surface area contributed by atoms with Crippen molar-refractivity contribution in [3.63, 3.8) is 0 Å². The van der Waals surface area contributed by atoms with Crippen molar-refractivity contribution in [3.05, 3.63) is 30.1 Å². The minimum Gasteiger partial charge on any atom is -0.398 e. The van der Waals surface area contributed by atoms with E-state index in [9.17, 15) is 8.42 Å². The van der Waals surface area contributed by atoms with Gasteiger partial charge in [-0.05, 0) is 12.1 Å². The van der Waals surface area contributed by atoms with E-state index in [1.165, 1.54) is 12.1 Å². The molecule has 0 amide bonds. The number of para-hydroxylation sites is 1. The molecule has 0 fully saturated rings. The standard InChI is InChI=1S/C8H10N6O2S/c9-6-3-1-2-4-7(6)17(15,16)10-5-8-11-13-14-12-8/h1-4,10H,5,9H2,(H,11,12,13,14). The predicted molar refractivity (Wildman–Crippen MR) is 59.1 cm³/mol. The maximum atomic E-state index is 11.9. The Labute approximate surface area is 97.3 Å². The van der Waals surface area contributed by atoms with Gasteiger partial charge in [-0.15, -0.1) is 10.2 Å². The fourth-order valence-electron chi connectivity index (χ4n) is 1.22. The molecular weight excluding hydrogens is 244 g/mol. The molecule has 0 saturated carbocycles. The summed E-state index contributed by atoms with van der Waals surface area (Å²) in [5.41, 5.74) is 5.77. The van der Waals surface area contributed by atoms with Crippen LogP contribution in [0.2, 0.25) is 0 Å². The third-order valence-corrected chi connectivity index (χ3v) is 3.49. The van der Waals surface area contributed by atoms with E-state index in [1.54, 1.807) is 12.1 Å². The lowest BCUT2D eigenvalue weighted by atomic mass is 10.3. The average molecular weight is 254 g/mol. The van der Waals surface area contributed by atoms with Gasteiger partial charge in [0.05, 0.1) is 12.2 Å². The fraction of sp³-hybridized carbons (Fsp3) is 0.125. The van der Waals surface area contributed by atoms with Crippen molar-refractivity contribution in [2.24, 2.45) is 0 Å². The summed E-state index contributed by atoms with van der Waals surface area (Å²) in [6, 6.07) is 6.20. The number of nitrogens with zero attached hydrogens (tertiary/aromatic N) is 3. The van der Waals surface area contributed by atoms with Crippen molar-refractivity contribution in [1.82, 2.24) is 25.3 Å². The number of anilines is 1. The number of nitrogen functional groups attached to an aromatic ring is 1. The van der Waals surface area contributed by atoms with Crippen molar-refractivity contribution < 1.29 is 8.42 Å². The van der Waals surface area contributed by atoms with Gasteiger partial charge in [-0.1, -0.05) is 17.3 Å². The van der Waals surface area contributed by atoms with Crippen LogP contribution >= 0.6 is 0 Å². The van der Waals surface area contributed by atoms with E-state index in [1.807, 2.05) is 0 Å². The quantitative estimate of drug-likeness (QED) is 0.617. The van der Waals surface area contributed by atoms with Crippen LogP contribution in [-0.2, 0) is 16.6 Å². The molecular formula is C8H10N6O2S. The first-order valence-electron chi connectivity index (χ1n) is 4.66. The van der Waals surface area contributed by atoms with E-state index in [2.05, 4.69) is 25.3 Å². The third kappa shape index (κ3) is 2.57. The molecule has 0 radical (unpaired) electrons. The van der Waals surface area contributed by atoms with Gasteiger partial charge in [0.15, 0.2) is 5.82 Å². The number of rotatable bonds is 4. The highest BCUT2D eigenvalue weighted by molar-refractivity contribution is 7.89. The Morgan fingerprint density at radius 2 is 2.12 bits per heavy atom. The monoisotopic (exact) mass is 254 g/mol. The molecule has 2 rings (SSSR count). The number of tetrazole rings is 1. The second kappa shape index (κ2) is 4.47. The molecule has 0 aliphatic carbocycles. The zero-order chi connectivity index (χ0) is 12.3. The molecule has 0 aliphatic heterocycles. The third-order valence-electron chi connectivity index (χ3n) is 2.02. The van der Waals surface area contributed by atoms with Crippen LogP contribution in [0.5, 0.6) is 0 Å². The molecule has 0 atom stereocenters. The Morgan fingerprint density at radius 3 is 2.76 bits per heavy atom. The van der Waals surface area contributed by atoms with E-state index in [4.69, 9.17) is 5.73 Å². The molecule has 9 heteroatoms. The Bertz CT molecular complexity index is 594. The van der Waals surface area contributed by atoms with Gasteiger partial charge in [-0.3, -0.25) is 0 Å². The predicted octanol–water partition coefficient (Wildman–Crippen LogP) is -0.740. The molecule has 1 heterocycles. The topological polar surface area (TPSA) is 127 Å². The Kier molecular flexibility index (Phi) is 3.02.